The Morgan fingerprint density at radius 3 is 2.69 bits per heavy atom. The molecule has 0 aliphatic heterocycles. The second kappa shape index (κ2) is 6.63. The van der Waals surface area contributed by atoms with Crippen LogP contribution in [0.4, 0.5) is 0 Å². The molecular formula is C24H32O5. The molecule has 0 heterocycles. The molecule has 29 heavy (non-hydrogen) atoms. The van der Waals surface area contributed by atoms with Crippen LogP contribution in [0.25, 0.3) is 0 Å². The van der Waals surface area contributed by atoms with E-state index in [0.717, 1.165) is 25.7 Å². The summed E-state index contributed by atoms with van der Waals surface area (Å²) in [6.45, 7) is 7.23. The third-order valence-electron chi connectivity index (χ3n) is 8.67. The van der Waals surface area contributed by atoms with Crippen molar-refractivity contribution in [3.63, 3.8) is 0 Å². The Labute approximate surface area is 172 Å². The van der Waals surface area contributed by atoms with E-state index in [4.69, 9.17) is 4.74 Å². The molecule has 5 heteroatoms. The normalized spacial score (nSPS) is 43.5. The lowest BCUT2D eigenvalue weighted by molar-refractivity contribution is -0.162. The quantitative estimate of drug-likeness (QED) is 0.579. The Bertz CT molecular complexity index is 838. The number of carbonyl (C=O) groups excluding carboxylic acids is 3. The van der Waals surface area contributed by atoms with Crippen LogP contribution < -0.4 is 0 Å². The molecule has 4 aliphatic rings. The molecule has 4 rings (SSSR count). The lowest BCUT2D eigenvalue weighted by Gasteiger charge is -2.55. The molecule has 0 unspecified atom stereocenters. The number of Topliss-reactive ketones (excluding diaryl/α,β-unsaturated/α-hetero) is 1. The van der Waals surface area contributed by atoms with Gasteiger partial charge < -0.3 is 9.84 Å². The van der Waals surface area contributed by atoms with Crippen LogP contribution in [0.1, 0.15) is 66.2 Å². The van der Waals surface area contributed by atoms with E-state index in [9.17, 15) is 19.5 Å². The van der Waals surface area contributed by atoms with Crippen molar-refractivity contribution in [2.45, 2.75) is 71.8 Å². The van der Waals surface area contributed by atoms with Crippen molar-refractivity contribution in [2.75, 3.05) is 6.61 Å². The number of aliphatic hydroxyl groups is 1. The monoisotopic (exact) mass is 400 g/mol. The zero-order valence-electron chi connectivity index (χ0n) is 17.9. The van der Waals surface area contributed by atoms with Crippen LogP contribution in [0.3, 0.4) is 0 Å². The van der Waals surface area contributed by atoms with Crippen LogP contribution in [0.5, 0.6) is 0 Å². The van der Waals surface area contributed by atoms with Crippen LogP contribution in [0.15, 0.2) is 23.3 Å². The lowest BCUT2D eigenvalue weighted by atomic mass is 9.50. The average molecular weight is 401 g/mol. The number of esters is 1. The van der Waals surface area contributed by atoms with Gasteiger partial charge in [0.15, 0.2) is 12.4 Å². The average Bonchev–Trinajstić information content (AvgIpc) is 2.93. The molecule has 6 atom stereocenters. The third-order valence-corrected chi connectivity index (χ3v) is 8.67. The molecule has 4 aliphatic carbocycles. The first-order valence-electron chi connectivity index (χ1n) is 10.9. The minimum Gasteiger partial charge on any atom is -0.458 e. The molecule has 0 aromatic carbocycles. The van der Waals surface area contributed by atoms with E-state index in [-0.39, 0.29) is 35.4 Å². The van der Waals surface area contributed by atoms with Crippen molar-refractivity contribution in [2.24, 2.45) is 28.6 Å². The summed E-state index contributed by atoms with van der Waals surface area (Å²) in [5.74, 6) is -0.0695. The van der Waals surface area contributed by atoms with Gasteiger partial charge in [0, 0.05) is 23.7 Å². The molecule has 0 saturated heterocycles. The largest absolute Gasteiger partial charge is 0.458 e. The molecule has 0 aromatic heterocycles. The van der Waals surface area contributed by atoms with E-state index in [1.54, 1.807) is 0 Å². The van der Waals surface area contributed by atoms with Crippen LogP contribution >= 0.6 is 0 Å². The van der Waals surface area contributed by atoms with E-state index in [0.29, 0.717) is 18.8 Å². The molecule has 0 radical (unpaired) electrons. The number of allylic oxidation sites excluding steroid dienone is 4. The summed E-state index contributed by atoms with van der Waals surface area (Å²) in [6, 6.07) is 0. The van der Waals surface area contributed by atoms with Crippen molar-refractivity contribution in [1.82, 2.24) is 0 Å². The number of hydrogen-bond donors (Lipinski definition) is 1. The van der Waals surface area contributed by atoms with E-state index in [1.165, 1.54) is 18.1 Å². The van der Waals surface area contributed by atoms with E-state index >= 15 is 0 Å². The standard InChI is InChI=1S/C24H32O5/c1-14-12-22(3)16(11-20(14)26)5-6-17-18(22)7-9-23(4)19(17)8-10-24(23,28)21(27)13-29-15(2)25/h7,11,14,17,19,28H,5-6,8-10,12-13H2,1-4H3/t14-,17-,19-,22+,23+,24+/m1/s1. The van der Waals surface area contributed by atoms with Gasteiger partial charge >= 0.3 is 5.97 Å². The van der Waals surface area contributed by atoms with Crippen molar-refractivity contribution < 1.29 is 24.2 Å². The fourth-order valence-corrected chi connectivity index (χ4v) is 6.95. The summed E-state index contributed by atoms with van der Waals surface area (Å²) in [4.78, 5) is 36.3. The molecule has 0 aromatic rings. The SMILES string of the molecule is CC(=O)OCC(=O)[C@@]1(O)CC[C@@H]2[C@@H]3CCC4=CC(=O)[C@H](C)C[C@]4(C)C3=CC[C@@]21C. The third kappa shape index (κ3) is 2.80. The molecule has 2 fully saturated rings. The smallest absolute Gasteiger partial charge is 0.303 e. The maximum absolute atomic E-state index is 12.9. The van der Waals surface area contributed by atoms with Gasteiger partial charge in [-0.05, 0) is 56.4 Å². The molecule has 2 saturated carbocycles. The Balaban J connectivity index is 1.67. The lowest BCUT2D eigenvalue weighted by Crippen LogP contribution is -2.55. The van der Waals surface area contributed by atoms with Gasteiger partial charge in [0.1, 0.15) is 5.60 Å². The first-order chi connectivity index (χ1) is 13.5. The fraction of sp³-hybridized carbons (Fsp3) is 0.708. The van der Waals surface area contributed by atoms with Crippen LogP contribution in [-0.2, 0) is 19.1 Å². The summed E-state index contributed by atoms with van der Waals surface area (Å²) in [5, 5.41) is 11.5. The van der Waals surface area contributed by atoms with Gasteiger partial charge in [-0.25, -0.2) is 0 Å². The molecule has 158 valence electrons. The van der Waals surface area contributed by atoms with Crippen molar-refractivity contribution >= 4 is 17.5 Å². The Morgan fingerprint density at radius 2 is 2.00 bits per heavy atom. The van der Waals surface area contributed by atoms with E-state index in [2.05, 4.69) is 13.0 Å². The highest BCUT2D eigenvalue weighted by Gasteiger charge is 2.64. The highest BCUT2D eigenvalue weighted by Crippen LogP contribution is 2.65. The predicted octanol–water partition coefficient (Wildman–Crippen LogP) is 3.55. The number of ketones is 2. The van der Waals surface area contributed by atoms with E-state index < -0.39 is 17.0 Å². The minimum absolute atomic E-state index is 0.0301. The van der Waals surface area contributed by atoms with Crippen LogP contribution in [0, 0.1) is 28.6 Å². The Morgan fingerprint density at radius 1 is 1.28 bits per heavy atom. The van der Waals surface area contributed by atoms with Crippen LogP contribution in [0.2, 0.25) is 0 Å². The van der Waals surface area contributed by atoms with Gasteiger partial charge in [-0.1, -0.05) is 38.0 Å². The molecule has 5 nitrogen and oxygen atoms in total. The first-order valence-corrected chi connectivity index (χ1v) is 10.9. The van der Waals surface area contributed by atoms with Gasteiger partial charge in [0.2, 0.25) is 5.78 Å². The van der Waals surface area contributed by atoms with Gasteiger partial charge in [-0.3, -0.25) is 14.4 Å². The topological polar surface area (TPSA) is 80.7 Å². The van der Waals surface area contributed by atoms with Gasteiger partial charge in [-0.2, -0.15) is 0 Å². The predicted molar refractivity (Wildman–Crippen MR) is 108 cm³/mol. The maximum Gasteiger partial charge on any atom is 0.303 e. The van der Waals surface area contributed by atoms with Crippen LogP contribution in [-0.4, -0.2) is 34.9 Å². The highest BCUT2D eigenvalue weighted by atomic mass is 16.5. The van der Waals surface area contributed by atoms with Gasteiger partial charge in [-0.15, -0.1) is 0 Å². The molecular weight excluding hydrogens is 368 g/mol. The minimum atomic E-state index is -1.46. The molecule has 0 bridgehead atoms. The summed E-state index contributed by atoms with van der Waals surface area (Å²) in [7, 11) is 0. The van der Waals surface area contributed by atoms with Crippen molar-refractivity contribution in [3.8, 4) is 0 Å². The molecule has 0 amide bonds. The summed E-state index contributed by atoms with van der Waals surface area (Å²) in [5.41, 5.74) is 0.577. The van der Waals surface area contributed by atoms with Gasteiger partial charge in [0.05, 0.1) is 0 Å². The summed E-state index contributed by atoms with van der Waals surface area (Å²) >= 11 is 0. The zero-order chi connectivity index (χ0) is 21.2. The zero-order valence-corrected chi connectivity index (χ0v) is 17.9. The van der Waals surface area contributed by atoms with Crippen molar-refractivity contribution in [1.29, 1.82) is 0 Å². The Kier molecular flexibility index (Phi) is 4.69. The van der Waals surface area contributed by atoms with E-state index in [1.807, 2.05) is 19.9 Å². The second-order valence-corrected chi connectivity index (χ2v) is 10.1. The number of hydrogen-bond acceptors (Lipinski definition) is 5. The first kappa shape index (κ1) is 20.5. The van der Waals surface area contributed by atoms with Gasteiger partial charge in [0.25, 0.3) is 0 Å². The summed E-state index contributed by atoms with van der Waals surface area (Å²) in [6.07, 6.45) is 8.70. The highest BCUT2D eigenvalue weighted by molar-refractivity contribution is 5.94. The fourth-order valence-electron chi connectivity index (χ4n) is 6.95. The number of ether oxygens (including phenoxy) is 1. The Hall–Kier alpha value is -1.75. The summed E-state index contributed by atoms with van der Waals surface area (Å²) < 4.78 is 4.92. The molecule has 0 spiro atoms. The number of fused-ring (bicyclic) bond motifs is 5. The molecule has 1 N–H and O–H groups in total. The number of rotatable bonds is 3. The number of carbonyl (C=O) groups is 3. The van der Waals surface area contributed by atoms with Crippen molar-refractivity contribution in [3.05, 3.63) is 23.3 Å². The second-order valence-electron chi connectivity index (χ2n) is 10.1. The maximum atomic E-state index is 12.9.